The van der Waals surface area contributed by atoms with Gasteiger partial charge < -0.3 is 20.3 Å². The molecule has 2 fully saturated rings. The number of nitrogens with one attached hydrogen (secondary N) is 2. The summed E-state index contributed by atoms with van der Waals surface area (Å²) in [5.74, 6) is -2.01. The Morgan fingerprint density at radius 2 is 1.49 bits per heavy atom. The maximum atomic E-state index is 13.8. The summed E-state index contributed by atoms with van der Waals surface area (Å²) < 4.78 is 60.4. The molecule has 14 heteroatoms. The molecule has 2 aliphatic carbocycles. The van der Waals surface area contributed by atoms with Gasteiger partial charge in [-0.25, -0.2) is 14.1 Å². The Morgan fingerprint density at radius 1 is 0.847 bits per heavy atom. The van der Waals surface area contributed by atoms with E-state index in [1.165, 1.54) is 63.5 Å². The lowest BCUT2D eigenvalue weighted by Gasteiger charge is -2.31. The van der Waals surface area contributed by atoms with E-state index in [2.05, 4.69) is 10.6 Å². The van der Waals surface area contributed by atoms with Gasteiger partial charge in [-0.3, -0.25) is 19.2 Å². The van der Waals surface area contributed by atoms with Crippen molar-refractivity contribution in [2.75, 3.05) is 17.2 Å². The first kappa shape index (κ1) is 43.3. The second-order valence-electron chi connectivity index (χ2n) is 16.1. The second kappa shape index (κ2) is 19.2. The van der Waals surface area contributed by atoms with E-state index in [1.807, 2.05) is 24.3 Å². The van der Waals surface area contributed by atoms with E-state index in [-0.39, 0.29) is 30.2 Å². The molecule has 10 nitrogen and oxygen atoms in total. The standard InChI is InChI=1S/C45H52F4N4O6/c1-30(45(47,48)49)52(28-33-13-18-35(46)19-14-33)41(56)29-53-42(57)44(59-43(53)58)26-25-34-27-37(22-23-38(34)44)51-40(55)24-17-32-15-20-36(21-16-32)50-39(54)12-8-4-7-11-31-9-5-2-3-6-10-31/h13-16,18-23,27,30-31H,2-12,17,24-26,28-29H2,1H3,(H,50,54)(H,51,55)/t30-,44+/m0/s1. The molecule has 1 heterocycles. The Balaban J connectivity index is 0.971. The van der Waals surface area contributed by atoms with Crippen molar-refractivity contribution in [1.82, 2.24) is 9.80 Å². The van der Waals surface area contributed by atoms with Gasteiger partial charge in [-0.2, -0.15) is 13.2 Å². The maximum Gasteiger partial charge on any atom is 0.418 e. The number of anilines is 2. The highest BCUT2D eigenvalue weighted by atomic mass is 19.4. The van der Waals surface area contributed by atoms with Crippen LogP contribution in [-0.2, 0) is 48.9 Å². The van der Waals surface area contributed by atoms with E-state index < -0.39 is 54.6 Å². The van der Waals surface area contributed by atoms with Crippen molar-refractivity contribution in [2.45, 2.75) is 128 Å². The van der Waals surface area contributed by atoms with Gasteiger partial charge in [0.1, 0.15) is 18.4 Å². The van der Waals surface area contributed by atoms with Crippen LogP contribution in [0, 0.1) is 11.7 Å². The number of ether oxygens (including phenoxy) is 1. The number of halogens is 4. The third-order valence-electron chi connectivity index (χ3n) is 11.8. The van der Waals surface area contributed by atoms with Crippen molar-refractivity contribution >= 4 is 41.1 Å². The van der Waals surface area contributed by atoms with E-state index in [9.17, 15) is 41.5 Å². The Hall–Kier alpha value is -5.27. The number of rotatable bonds is 16. The number of hydrogen-bond donors (Lipinski definition) is 2. The second-order valence-corrected chi connectivity index (χ2v) is 16.1. The number of alkyl halides is 3. The number of nitrogens with zero attached hydrogens (tertiary/aromatic N) is 2. The monoisotopic (exact) mass is 820 g/mol. The number of carbonyl (C=O) groups is 5. The predicted molar refractivity (Wildman–Crippen MR) is 213 cm³/mol. The summed E-state index contributed by atoms with van der Waals surface area (Å²) >= 11 is 0. The first-order valence-electron chi connectivity index (χ1n) is 20.7. The van der Waals surface area contributed by atoms with Crippen LogP contribution < -0.4 is 10.6 Å². The van der Waals surface area contributed by atoms with Gasteiger partial charge in [0, 0.05) is 42.7 Å². The Kier molecular flexibility index (Phi) is 14.1. The summed E-state index contributed by atoms with van der Waals surface area (Å²) in [7, 11) is 0. The lowest BCUT2D eigenvalue weighted by molar-refractivity contribution is -0.187. The van der Waals surface area contributed by atoms with Crippen LogP contribution in [-0.4, -0.2) is 58.3 Å². The summed E-state index contributed by atoms with van der Waals surface area (Å²) in [5.41, 5.74) is 1.56. The molecule has 0 unspecified atom stereocenters. The molecule has 1 saturated heterocycles. The number of unbranched alkanes of at least 4 members (excludes halogenated alkanes) is 2. The van der Waals surface area contributed by atoms with Gasteiger partial charge in [-0.05, 0) is 85.2 Å². The summed E-state index contributed by atoms with van der Waals surface area (Å²) in [6, 6.07) is 14.6. The molecule has 0 radical (unpaired) electrons. The number of benzene rings is 3. The number of hydrogen-bond acceptors (Lipinski definition) is 6. The van der Waals surface area contributed by atoms with E-state index in [4.69, 9.17) is 4.74 Å². The van der Waals surface area contributed by atoms with Gasteiger partial charge in [-0.15, -0.1) is 0 Å². The van der Waals surface area contributed by atoms with Gasteiger partial charge >= 0.3 is 12.3 Å². The van der Waals surface area contributed by atoms with E-state index in [0.29, 0.717) is 51.6 Å². The fourth-order valence-corrected chi connectivity index (χ4v) is 8.37. The lowest BCUT2D eigenvalue weighted by Crippen LogP contribution is -2.51. The Morgan fingerprint density at radius 3 is 2.19 bits per heavy atom. The van der Waals surface area contributed by atoms with Crippen molar-refractivity contribution in [3.8, 4) is 0 Å². The minimum Gasteiger partial charge on any atom is -0.427 e. The van der Waals surface area contributed by atoms with Crippen LogP contribution in [0.1, 0.15) is 113 Å². The number of fused-ring (bicyclic) bond motifs is 2. The van der Waals surface area contributed by atoms with Gasteiger partial charge in [-0.1, -0.05) is 88.1 Å². The van der Waals surface area contributed by atoms with Gasteiger partial charge in [0.15, 0.2) is 0 Å². The first-order valence-corrected chi connectivity index (χ1v) is 20.7. The van der Waals surface area contributed by atoms with Crippen LogP contribution in [0.25, 0.3) is 0 Å². The average Bonchev–Trinajstić information content (AvgIpc) is 3.52. The smallest absolute Gasteiger partial charge is 0.418 e. The third kappa shape index (κ3) is 11.1. The van der Waals surface area contributed by atoms with Crippen LogP contribution in [0.3, 0.4) is 0 Å². The largest absolute Gasteiger partial charge is 0.427 e. The quantitative estimate of drug-likeness (QED) is 0.0844. The van der Waals surface area contributed by atoms with Crippen LogP contribution in [0.2, 0.25) is 0 Å². The maximum absolute atomic E-state index is 13.8. The fourth-order valence-electron chi connectivity index (χ4n) is 8.37. The molecule has 2 N–H and O–H groups in total. The van der Waals surface area contributed by atoms with E-state index in [1.54, 1.807) is 18.2 Å². The minimum atomic E-state index is -4.82. The summed E-state index contributed by atoms with van der Waals surface area (Å²) in [6.07, 6.45) is 8.02. The topological polar surface area (TPSA) is 125 Å². The van der Waals surface area contributed by atoms with Gasteiger partial charge in [0.25, 0.3) is 5.91 Å². The van der Waals surface area contributed by atoms with Crippen LogP contribution >= 0.6 is 0 Å². The van der Waals surface area contributed by atoms with Crippen molar-refractivity contribution in [1.29, 1.82) is 0 Å². The molecule has 1 saturated carbocycles. The molecule has 2 atom stereocenters. The minimum absolute atomic E-state index is 0.00408. The molecular formula is C45H52F4N4O6. The molecular weight excluding hydrogens is 769 g/mol. The summed E-state index contributed by atoms with van der Waals surface area (Å²) in [4.78, 5) is 66.5. The van der Waals surface area contributed by atoms with Crippen LogP contribution in [0.5, 0.6) is 0 Å². The van der Waals surface area contributed by atoms with Crippen molar-refractivity contribution < 1.29 is 46.3 Å². The lowest BCUT2D eigenvalue weighted by atomic mass is 9.93. The predicted octanol–water partition coefficient (Wildman–Crippen LogP) is 9.36. The molecule has 6 rings (SSSR count). The molecule has 59 heavy (non-hydrogen) atoms. The van der Waals surface area contributed by atoms with Crippen molar-refractivity contribution in [3.63, 3.8) is 0 Å². The molecule has 3 aromatic carbocycles. The number of carbonyl (C=O) groups excluding carboxylic acids is 5. The molecule has 3 aliphatic rings. The highest BCUT2D eigenvalue weighted by Crippen LogP contribution is 2.46. The zero-order chi connectivity index (χ0) is 42.2. The SMILES string of the molecule is C[C@H](N(Cc1ccc(F)cc1)C(=O)CN1C(=O)O[C@@]2(CCc3cc(NC(=O)CCc4ccc(NC(=O)CCCCCC5CCCCCC5)cc4)ccc32)C1=O)C(F)(F)F. The van der Waals surface area contributed by atoms with Crippen molar-refractivity contribution in [3.05, 3.63) is 94.8 Å². The normalized spacial score (nSPS) is 18.6. The zero-order valence-corrected chi connectivity index (χ0v) is 33.4. The number of amides is 5. The molecule has 1 spiro atoms. The Labute approximate surface area is 342 Å². The number of imide groups is 1. The molecule has 316 valence electrons. The van der Waals surface area contributed by atoms with Crippen LogP contribution in [0.4, 0.5) is 33.7 Å². The summed E-state index contributed by atoms with van der Waals surface area (Å²) in [5, 5.41) is 5.82. The van der Waals surface area contributed by atoms with E-state index in [0.717, 1.165) is 43.4 Å². The van der Waals surface area contributed by atoms with E-state index >= 15 is 0 Å². The average molecular weight is 821 g/mol. The van der Waals surface area contributed by atoms with Gasteiger partial charge in [0.05, 0.1) is 0 Å². The Bertz CT molecular complexity index is 1980. The molecule has 5 amide bonds. The zero-order valence-electron chi connectivity index (χ0n) is 33.4. The highest BCUT2D eigenvalue weighted by Gasteiger charge is 2.58. The fraction of sp³-hybridized carbons (Fsp3) is 0.489. The third-order valence-corrected chi connectivity index (χ3v) is 11.8. The summed E-state index contributed by atoms with van der Waals surface area (Å²) in [6.45, 7) is -0.731. The first-order chi connectivity index (χ1) is 28.2. The molecule has 0 aromatic heterocycles. The highest BCUT2D eigenvalue weighted by molar-refractivity contribution is 6.06. The van der Waals surface area contributed by atoms with Crippen LogP contribution in [0.15, 0.2) is 66.7 Å². The van der Waals surface area contributed by atoms with Gasteiger partial charge in [0.2, 0.25) is 23.3 Å². The number of aryl methyl sites for hydroxylation is 2. The molecule has 0 bridgehead atoms. The molecule has 3 aromatic rings. The van der Waals surface area contributed by atoms with Crippen molar-refractivity contribution in [2.24, 2.45) is 5.92 Å². The molecule has 1 aliphatic heterocycles.